The average Bonchev–Trinajstić information content (AvgIpc) is 1.90. The molecular weight excluding hydrogens is 264 g/mol. The van der Waals surface area contributed by atoms with Crippen molar-refractivity contribution >= 4 is 0 Å². The molecule has 1 heterocycles. The van der Waals surface area contributed by atoms with Crippen LogP contribution in [-0.4, -0.2) is 4.98 Å². The molecule has 0 aliphatic heterocycles. The Morgan fingerprint density at radius 3 is 2.18 bits per heavy atom. The van der Waals surface area contributed by atoms with Gasteiger partial charge in [-0.15, -0.1) is 0 Å². The molecule has 1 aromatic heterocycles. The first kappa shape index (κ1) is 17.6. The first-order valence-corrected chi connectivity index (χ1v) is 2.41. The molecule has 59 valence electrons. The van der Waals surface area contributed by atoms with Crippen LogP contribution in [0.3, 0.4) is 0 Å². The number of aromatic nitrogens is 1. The van der Waals surface area contributed by atoms with Crippen molar-refractivity contribution < 1.29 is 56.1 Å². The maximum atomic E-state index is 10.1. The van der Waals surface area contributed by atoms with E-state index in [1.54, 1.807) is 24.4 Å². The summed E-state index contributed by atoms with van der Waals surface area (Å²) in [6.45, 7) is -0.221. The summed E-state index contributed by atoms with van der Waals surface area (Å²) >= 11 is 0. The molecule has 1 radical (unpaired) electrons. The molecule has 0 bridgehead atoms. The normalized spacial score (nSPS) is 6.64. The van der Waals surface area contributed by atoms with Crippen LogP contribution in [-0.2, 0) is 32.8 Å². The second-order valence-electron chi connectivity index (χ2n) is 1.47. The Hall–Kier alpha value is 0.573. The number of hydrogen-bond acceptors (Lipinski definition) is 2. The minimum absolute atomic E-state index is 0. The molecule has 0 aromatic carbocycles. The summed E-state index contributed by atoms with van der Waals surface area (Å²) in [5.41, 5.74) is 0.604. The first-order chi connectivity index (χ1) is 3.93. The van der Waals surface area contributed by atoms with E-state index in [2.05, 4.69) is 4.98 Å². The number of nitrogens with zero attached hydrogens (tertiary/aromatic N) is 1. The largest absolute Gasteiger partial charge is 3.00 e. The number of rotatable bonds is 1. The van der Waals surface area contributed by atoms with Gasteiger partial charge in [-0.2, -0.15) is 0 Å². The van der Waals surface area contributed by atoms with Gasteiger partial charge in [-0.1, -0.05) is 12.7 Å². The van der Waals surface area contributed by atoms with Crippen molar-refractivity contribution in [2.45, 2.75) is 6.61 Å². The molecule has 0 atom stereocenters. The van der Waals surface area contributed by atoms with Gasteiger partial charge < -0.3 is 29.9 Å². The van der Waals surface area contributed by atoms with Gasteiger partial charge >= 0.3 is 26.2 Å². The first-order valence-electron chi connectivity index (χ1n) is 2.41. The Morgan fingerprint density at radius 2 is 1.91 bits per heavy atom. The molecule has 0 spiro atoms. The fraction of sp³-hybridized carbons (Fsp3) is 0.167. The van der Waals surface area contributed by atoms with E-state index in [1.807, 2.05) is 0 Å². The van der Waals surface area contributed by atoms with Crippen LogP contribution in [0.5, 0.6) is 0 Å². The van der Waals surface area contributed by atoms with Crippen LogP contribution in [0.25, 0.3) is 0 Å². The molecule has 5 heteroatoms. The summed E-state index contributed by atoms with van der Waals surface area (Å²) in [7, 11) is 0. The zero-order valence-electron chi connectivity index (χ0n) is 5.63. The Kier molecular flexibility index (Phi) is 16.9. The molecule has 0 unspecified atom stereocenters. The molecule has 1 aromatic rings. The predicted molar refractivity (Wildman–Crippen MR) is 27.9 cm³/mol. The summed E-state index contributed by atoms with van der Waals surface area (Å²) in [6.07, 6.45) is 1.62. The molecule has 0 saturated carbocycles. The second-order valence-corrected chi connectivity index (χ2v) is 1.47. The minimum Gasteiger partial charge on any atom is -1.00 e. The van der Waals surface area contributed by atoms with Gasteiger partial charge in [0.25, 0.3) is 0 Å². The van der Waals surface area contributed by atoms with Crippen LogP contribution < -0.4 is 29.9 Å². The van der Waals surface area contributed by atoms with E-state index in [0.717, 1.165) is 0 Å². The van der Waals surface area contributed by atoms with Crippen LogP contribution in [0.15, 0.2) is 24.4 Å². The molecule has 1 rings (SSSR count). The van der Waals surface area contributed by atoms with Crippen LogP contribution in [0.1, 0.15) is 5.69 Å². The fourth-order valence-corrected chi connectivity index (χ4v) is 0.484. The zero-order valence-corrected chi connectivity index (χ0v) is 9.60. The molecule has 0 fully saturated rings. The van der Waals surface area contributed by atoms with Crippen LogP contribution >= 0.6 is 0 Å². The van der Waals surface area contributed by atoms with Crippen LogP contribution in [0.2, 0.25) is 0 Å². The van der Waals surface area contributed by atoms with Crippen molar-refractivity contribution in [1.29, 1.82) is 0 Å². The maximum absolute atomic E-state index is 10.1. The minimum atomic E-state index is -0.221. The Labute approximate surface area is 97.4 Å². The molecule has 0 saturated heterocycles. The van der Waals surface area contributed by atoms with Gasteiger partial charge in [-0.05, 0) is 12.1 Å². The number of hydrogen-bond donors (Lipinski definition) is 0. The van der Waals surface area contributed by atoms with Gasteiger partial charge in [0.2, 0.25) is 0 Å². The van der Waals surface area contributed by atoms with Gasteiger partial charge in [0.15, 0.2) is 0 Å². The van der Waals surface area contributed by atoms with Crippen molar-refractivity contribution in [3.8, 4) is 0 Å². The third-order valence-corrected chi connectivity index (χ3v) is 0.874. The van der Waals surface area contributed by atoms with Gasteiger partial charge in [0, 0.05) is 11.9 Å². The molecular formula is C6H6Cl2NOZr. The van der Waals surface area contributed by atoms with E-state index in [-0.39, 0.29) is 57.6 Å². The molecule has 0 amide bonds. The van der Waals surface area contributed by atoms with E-state index in [4.69, 9.17) is 0 Å². The Bertz CT molecular complexity index is 162. The van der Waals surface area contributed by atoms with E-state index in [1.165, 1.54) is 0 Å². The van der Waals surface area contributed by atoms with Crippen molar-refractivity contribution in [2.75, 3.05) is 0 Å². The van der Waals surface area contributed by atoms with Crippen LogP contribution in [0.4, 0.5) is 0 Å². The van der Waals surface area contributed by atoms with E-state index in [0.29, 0.717) is 5.69 Å². The Morgan fingerprint density at radius 1 is 1.27 bits per heavy atom. The summed E-state index contributed by atoms with van der Waals surface area (Å²) < 4.78 is 0. The summed E-state index contributed by atoms with van der Waals surface area (Å²) in [5, 5.41) is 10.1. The standard InChI is InChI=1S/C6H6NO.2ClH.Zr/c8-5-6-3-1-2-4-7-6;;;/h1-4H,5H2;2*1H;/q-1;;;+3/p-2. The monoisotopic (exact) mass is 268 g/mol. The SMILES string of the molecule is [Cl-].[Cl-].[O-]Cc1ccccn1.[Zr+3]. The third kappa shape index (κ3) is 6.95. The number of pyridine rings is 1. The average molecular weight is 270 g/mol. The third-order valence-electron chi connectivity index (χ3n) is 0.874. The van der Waals surface area contributed by atoms with E-state index >= 15 is 0 Å². The summed E-state index contributed by atoms with van der Waals surface area (Å²) in [6, 6.07) is 5.31. The van der Waals surface area contributed by atoms with Crippen molar-refractivity contribution in [3.63, 3.8) is 0 Å². The van der Waals surface area contributed by atoms with Gasteiger partial charge in [-0.3, -0.25) is 4.98 Å². The molecule has 0 N–H and O–H groups in total. The smallest absolute Gasteiger partial charge is 1.00 e. The van der Waals surface area contributed by atoms with E-state index in [9.17, 15) is 5.11 Å². The van der Waals surface area contributed by atoms with Crippen molar-refractivity contribution in [1.82, 2.24) is 4.98 Å². The maximum Gasteiger partial charge on any atom is 3.00 e. The molecule has 11 heavy (non-hydrogen) atoms. The molecule has 0 aliphatic carbocycles. The Balaban J connectivity index is -0.000000213. The van der Waals surface area contributed by atoms with Crippen molar-refractivity contribution in [3.05, 3.63) is 30.1 Å². The summed E-state index contributed by atoms with van der Waals surface area (Å²) in [5.74, 6) is 0. The van der Waals surface area contributed by atoms with Gasteiger partial charge in [0.1, 0.15) is 0 Å². The van der Waals surface area contributed by atoms with Crippen molar-refractivity contribution in [2.24, 2.45) is 0 Å². The quantitative estimate of drug-likeness (QED) is 0.509. The zero-order chi connectivity index (χ0) is 5.82. The topological polar surface area (TPSA) is 36.0 Å². The predicted octanol–water partition coefficient (Wildman–Crippen LogP) is -6.05. The second kappa shape index (κ2) is 10.6. The molecule has 2 nitrogen and oxygen atoms in total. The van der Waals surface area contributed by atoms with E-state index < -0.39 is 0 Å². The van der Waals surface area contributed by atoms with Gasteiger partial charge in [-0.25, -0.2) is 0 Å². The number of halogens is 2. The van der Waals surface area contributed by atoms with Gasteiger partial charge in [0.05, 0.1) is 0 Å². The van der Waals surface area contributed by atoms with Crippen LogP contribution in [0, 0.1) is 0 Å². The summed E-state index contributed by atoms with van der Waals surface area (Å²) in [4.78, 5) is 3.78. The molecule has 0 aliphatic rings. The fourth-order valence-electron chi connectivity index (χ4n) is 0.484.